The Labute approximate surface area is 107 Å². The number of β-amino-alcohol motifs (C(OH)–C–C–N with tert-alkyl or cyclic N) is 1. The first-order chi connectivity index (χ1) is 8.56. The molecule has 0 spiro atoms. The van der Waals surface area contributed by atoms with Gasteiger partial charge in [-0.15, -0.1) is 0 Å². The molecule has 1 aromatic rings. The molecule has 0 radical (unpaired) electrons. The molecule has 1 saturated heterocycles. The van der Waals surface area contributed by atoms with Crippen molar-refractivity contribution in [2.24, 2.45) is 0 Å². The number of hydrogen-bond donors (Lipinski definition) is 1. The lowest BCUT2D eigenvalue weighted by molar-refractivity contribution is -0.152. The van der Waals surface area contributed by atoms with Gasteiger partial charge in [-0.1, -0.05) is 30.3 Å². The van der Waals surface area contributed by atoms with Crippen LogP contribution in [0.15, 0.2) is 30.3 Å². The van der Waals surface area contributed by atoms with Crippen LogP contribution in [0.5, 0.6) is 0 Å². The molecule has 1 N–H and O–H groups in total. The fourth-order valence-electron chi connectivity index (χ4n) is 2.58. The Kier molecular flexibility index (Phi) is 3.68. The van der Waals surface area contributed by atoms with E-state index < -0.39 is 11.6 Å². The van der Waals surface area contributed by atoms with Crippen LogP contribution in [0.1, 0.15) is 18.9 Å². The Bertz CT molecular complexity index is 420. The zero-order chi connectivity index (χ0) is 13.2. The van der Waals surface area contributed by atoms with Gasteiger partial charge in [-0.25, -0.2) is 0 Å². The molecule has 0 amide bonds. The predicted octanol–water partition coefficient (Wildman–Crippen LogP) is 1.18. The van der Waals surface area contributed by atoms with E-state index in [1.807, 2.05) is 42.2 Å². The lowest BCUT2D eigenvalue weighted by atomic mass is 9.98. The smallest absolute Gasteiger partial charge is 0.326 e. The van der Waals surface area contributed by atoms with E-state index >= 15 is 0 Å². The molecule has 0 unspecified atom stereocenters. The van der Waals surface area contributed by atoms with E-state index in [1.165, 1.54) is 7.11 Å². The van der Waals surface area contributed by atoms with E-state index in [0.717, 1.165) is 5.56 Å². The second-order valence-electron chi connectivity index (χ2n) is 4.99. The van der Waals surface area contributed by atoms with Gasteiger partial charge in [0.2, 0.25) is 0 Å². The van der Waals surface area contributed by atoms with Crippen molar-refractivity contribution < 1.29 is 14.6 Å². The number of ether oxygens (including phenoxy) is 1. The number of hydrogen-bond acceptors (Lipinski definition) is 4. The van der Waals surface area contributed by atoms with Crippen molar-refractivity contribution in [2.45, 2.75) is 31.5 Å². The Morgan fingerprint density at radius 3 is 2.78 bits per heavy atom. The van der Waals surface area contributed by atoms with E-state index in [9.17, 15) is 9.90 Å². The Balaban J connectivity index is 2.18. The van der Waals surface area contributed by atoms with Crippen LogP contribution in [-0.2, 0) is 16.1 Å². The van der Waals surface area contributed by atoms with Crippen molar-refractivity contribution in [3.63, 3.8) is 0 Å². The van der Waals surface area contributed by atoms with Crippen LogP contribution >= 0.6 is 0 Å². The predicted molar refractivity (Wildman–Crippen MR) is 67.9 cm³/mol. The summed E-state index contributed by atoms with van der Waals surface area (Å²) in [6.07, 6.45) is -0.0511. The highest BCUT2D eigenvalue weighted by Gasteiger charge is 2.47. The highest BCUT2D eigenvalue weighted by atomic mass is 16.5. The molecule has 0 saturated carbocycles. The Hall–Kier alpha value is -1.39. The first-order valence-electron chi connectivity index (χ1n) is 6.12. The summed E-state index contributed by atoms with van der Waals surface area (Å²) in [5.74, 6) is -0.282. The molecule has 18 heavy (non-hydrogen) atoms. The average Bonchev–Trinajstić information content (AvgIpc) is 2.65. The van der Waals surface area contributed by atoms with Crippen LogP contribution in [0.2, 0.25) is 0 Å². The van der Waals surface area contributed by atoms with Crippen LogP contribution in [0.25, 0.3) is 0 Å². The molecule has 4 nitrogen and oxygen atoms in total. The summed E-state index contributed by atoms with van der Waals surface area (Å²) in [5.41, 5.74) is 0.394. The summed E-state index contributed by atoms with van der Waals surface area (Å²) in [7, 11) is 1.39. The maximum Gasteiger partial charge on any atom is 0.326 e. The van der Waals surface area contributed by atoms with Gasteiger partial charge >= 0.3 is 5.97 Å². The van der Waals surface area contributed by atoms with Crippen LogP contribution in [0.4, 0.5) is 0 Å². The topological polar surface area (TPSA) is 49.8 Å². The van der Waals surface area contributed by atoms with Gasteiger partial charge < -0.3 is 9.84 Å². The third-order valence-corrected chi connectivity index (χ3v) is 3.60. The summed E-state index contributed by atoms with van der Waals surface area (Å²) >= 11 is 0. The van der Waals surface area contributed by atoms with Gasteiger partial charge in [-0.2, -0.15) is 0 Å². The van der Waals surface area contributed by atoms with Crippen molar-refractivity contribution in [1.29, 1.82) is 0 Å². The zero-order valence-corrected chi connectivity index (χ0v) is 10.8. The molecule has 0 aromatic heterocycles. The molecule has 0 aliphatic carbocycles. The lowest BCUT2D eigenvalue weighted by Gasteiger charge is -2.32. The van der Waals surface area contributed by atoms with Gasteiger partial charge in [0.1, 0.15) is 5.54 Å². The molecular weight excluding hydrogens is 230 g/mol. The molecule has 4 heteroatoms. The van der Waals surface area contributed by atoms with Gasteiger partial charge in [-0.05, 0) is 12.5 Å². The summed E-state index contributed by atoms with van der Waals surface area (Å²) in [6, 6.07) is 9.93. The number of methoxy groups -OCH3 is 1. The molecule has 2 rings (SSSR count). The maximum absolute atomic E-state index is 11.9. The normalized spacial score (nSPS) is 28.3. The largest absolute Gasteiger partial charge is 0.468 e. The molecule has 1 aliphatic heterocycles. The van der Waals surface area contributed by atoms with E-state index in [0.29, 0.717) is 19.5 Å². The molecule has 1 fully saturated rings. The van der Waals surface area contributed by atoms with Crippen molar-refractivity contribution in [2.75, 3.05) is 13.7 Å². The number of carbonyl (C=O) groups excluding carboxylic acids is 1. The van der Waals surface area contributed by atoms with Crippen LogP contribution in [0.3, 0.4) is 0 Å². The van der Waals surface area contributed by atoms with Crippen LogP contribution in [0, 0.1) is 0 Å². The van der Waals surface area contributed by atoms with Crippen molar-refractivity contribution in [3.05, 3.63) is 35.9 Å². The van der Waals surface area contributed by atoms with Gasteiger partial charge in [-0.3, -0.25) is 9.69 Å². The molecule has 1 aliphatic rings. The maximum atomic E-state index is 11.9. The number of nitrogens with zero attached hydrogens (tertiary/aromatic N) is 1. The zero-order valence-electron chi connectivity index (χ0n) is 10.8. The lowest BCUT2D eigenvalue weighted by Crippen LogP contribution is -2.48. The molecule has 98 valence electrons. The van der Waals surface area contributed by atoms with Crippen LogP contribution in [-0.4, -0.2) is 41.3 Å². The standard InChI is InChI=1S/C14H19NO3/c1-14(13(17)18-2)8-12(16)10-15(14)9-11-6-4-3-5-7-11/h3-7,12,16H,8-10H2,1-2H3/t12-,14-/m0/s1. The number of carbonyl (C=O) groups is 1. The van der Waals surface area contributed by atoms with E-state index in [4.69, 9.17) is 4.74 Å². The third-order valence-electron chi connectivity index (χ3n) is 3.60. The number of likely N-dealkylation sites (tertiary alicyclic amines) is 1. The Morgan fingerprint density at radius 2 is 2.17 bits per heavy atom. The highest BCUT2D eigenvalue weighted by Crippen LogP contribution is 2.31. The molecule has 0 bridgehead atoms. The second kappa shape index (κ2) is 5.08. The summed E-state index contributed by atoms with van der Waals surface area (Å²) in [4.78, 5) is 13.9. The van der Waals surface area contributed by atoms with Crippen molar-refractivity contribution in [3.8, 4) is 0 Å². The molecule has 1 aromatic carbocycles. The van der Waals surface area contributed by atoms with E-state index in [1.54, 1.807) is 0 Å². The number of esters is 1. The summed E-state index contributed by atoms with van der Waals surface area (Å²) in [6.45, 7) is 2.97. The minimum atomic E-state index is -0.732. The quantitative estimate of drug-likeness (QED) is 0.817. The first kappa shape index (κ1) is 13.1. The van der Waals surface area contributed by atoms with Crippen molar-refractivity contribution >= 4 is 5.97 Å². The van der Waals surface area contributed by atoms with Crippen LogP contribution < -0.4 is 0 Å². The van der Waals surface area contributed by atoms with Gasteiger partial charge in [0.05, 0.1) is 13.2 Å². The first-order valence-corrected chi connectivity index (χ1v) is 6.12. The summed E-state index contributed by atoms with van der Waals surface area (Å²) < 4.78 is 4.86. The monoisotopic (exact) mass is 249 g/mol. The van der Waals surface area contributed by atoms with Crippen molar-refractivity contribution in [1.82, 2.24) is 4.90 Å². The van der Waals surface area contributed by atoms with E-state index in [-0.39, 0.29) is 5.97 Å². The number of rotatable bonds is 3. The Morgan fingerprint density at radius 1 is 1.50 bits per heavy atom. The van der Waals surface area contributed by atoms with E-state index in [2.05, 4.69) is 0 Å². The number of aliphatic hydroxyl groups excluding tert-OH is 1. The number of aliphatic hydroxyl groups is 1. The van der Waals surface area contributed by atoms with Gasteiger partial charge in [0.25, 0.3) is 0 Å². The molecule has 2 atom stereocenters. The minimum Gasteiger partial charge on any atom is -0.468 e. The number of benzene rings is 1. The summed E-state index contributed by atoms with van der Waals surface area (Å²) in [5, 5.41) is 9.81. The second-order valence-corrected chi connectivity index (χ2v) is 4.99. The fraction of sp³-hybridized carbons (Fsp3) is 0.500. The molecule has 1 heterocycles. The van der Waals surface area contributed by atoms with Gasteiger partial charge in [0, 0.05) is 19.5 Å². The fourth-order valence-corrected chi connectivity index (χ4v) is 2.58. The third kappa shape index (κ3) is 2.40. The molecular formula is C14H19NO3. The van der Waals surface area contributed by atoms with Gasteiger partial charge in [0.15, 0.2) is 0 Å². The average molecular weight is 249 g/mol. The SMILES string of the molecule is COC(=O)[C@]1(C)C[C@H](O)CN1Cc1ccccc1. The minimum absolute atomic E-state index is 0.282. The highest BCUT2D eigenvalue weighted by molar-refractivity contribution is 5.80.